The van der Waals surface area contributed by atoms with Crippen LogP contribution in [0.5, 0.6) is 0 Å². The average molecular weight is 509 g/mol. The molecular formula is C32H60O4. The molecule has 212 valence electrons. The number of ether oxygens (including phenoxy) is 1. The van der Waals surface area contributed by atoms with Crippen LogP contribution in [-0.2, 0) is 14.3 Å². The molecule has 0 bridgehead atoms. The Hall–Kier alpha value is -1.06. The van der Waals surface area contributed by atoms with Crippen molar-refractivity contribution in [1.82, 2.24) is 0 Å². The van der Waals surface area contributed by atoms with Gasteiger partial charge in [-0.15, -0.1) is 0 Å². The van der Waals surface area contributed by atoms with E-state index in [-0.39, 0.29) is 12.1 Å². The van der Waals surface area contributed by atoms with Gasteiger partial charge in [0.25, 0.3) is 0 Å². The van der Waals surface area contributed by atoms with Gasteiger partial charge in [-0.1, -0.05) is 130 Å². The molecule has 3 atom stereocenters. The highest BCUT2D eigenvalue weighted by atomic mass is 16.5. The minimum atomic E-state index is -0.833. The van der Waals surface area contributed by atoms with Crippen LogP contribution in [0, 0.1) is 17.8 Å². The molecule has 0 radical (unpaired) electrons. The summed E-state index contributed by atoms with van der Waals surface area (Å²) in [5.74, 6) is -1.30. The Kier molecular flexibility index (Phi) is 20.1. The fraction of sp³-hybridized carbons (Fsp3) is 0.938. The lowest BCUT2D eigenvalue weighted by Gasteiger charge is -2.29. The Morgan fingerprint density at radius 1 is 0.667 bits per heavy atom. The molecule has 0 aromatic carbocycles. The van der Waals surface area contributed by atoms with E-state index in [0.717, 1.165) is 44.4 Å². The number of aliphatic carboxylic acids is 1. The van der Waals surface area contributed by atoms with Crippen molar-refractivity contribution in [3.63, 3.8) is 0 Å². The molecule has 1 aliphatic carbocycles. The van der Waals surface area contributed by atoms with Gasteiger partial charge in [0.1, 0.15) is 6.10 Å². The number of esters is 1. The molecule has 1 N–H and O–H groups in total. The van der Waals surface area contributed by atoms with Crippen molar-refractivity contribution in [2.24, 2.45) is 17.8 Å². The van der Waals surface area contributed by atoms with Gasteiger partial charge in [-0.25, -0.2) is 0 Å². The fourth-order valence-corrected chi connectivity index (χ4v) is 5.71. The van der Waals surface area contributed by atoms with Crippen molar-refractivity contribution in [2.45, 2.75) is 175 Å². The number of hydrogen-bond acceptors (Lipinski definition) is 3. The molecule has 4 nitrogen and oxygen atoms in total. The highest BCUT2D eigenvalue weighted by Gasteiger charge is 2.37. The van der Waals surface area contributed by atoms with E-state index in [1.807, 2.05) is 0 Å². The maximum Gasteiger partial charge on any atom is 0.310 e. The van der Waals surface area contributed by atoms with E-state index in [2.05, 4.69) is 20.8 Å². The smallest absolute Gasteiger partial charge is 0.310 e. The van der Waals surface area contributed by atoms with Crippen LogP contribution in [0.2, 0.25) is 0 Å². The summed E-state index contributed by atoms with van der Waals surface area (Å²) in [6, 6.07) is 0. The van der Waals surface area contributed by atoms with Crippen molar-refractivity contribution in [3.8, 4) is 0 Å². The standard InChI is InChI=1S/C32H60O4/c1-4-5-6-7-8-9-10-11-12-15-18-23-28(24-19-16-13-14-17-22-27(2)3)36-32(35)30-26-21-20-25-29(30)31(33)34/h27-30H,4-26H2,1-3H3,(H,33,34). The molecule has 1 fully saturated rings. The highest BCUT2D eigenvalue weighted by molar-refractivity contribution is 5.81. The maximum absolute atomic E-state index is 13.0. The van der Waals surface area contributed by atoms with Gasteiger partial charge in [-0.05, 0) is 44.4 Å². The number of carboxylic acids is 1. The SMILES string of the molecule is CCCCCCCCCCCCCC(CCCCCCCC(C)C)OC(=O)C1CCCCC1C(=O)O. The maximum atomic E-state index is 13.0. The zero-order valence-electron chi connectivity index (χ0n) is 24.2. The van der Waals surface area contributed by atoms with Gasteiger partial charge in [0.15, 0.2) is 0 Å². The second-order valence-electron chi connectivity index (χ2n) is 12.0. The molecule has 0 aromatic rings. The predicted molar refractivity (Wildman–Crippen MR) is 151 cm³/mol. The van der Waals surface area contributed by atoms with Gasteiger partial charge >= 0.3 is 11.9 Å². The number of carboxylic acid groups (broad SMARTS) is 1. The molecule has 0 amide bonds. The Morgan fingerprint density at radius 2 is 1.08 bits per heavy atom. The zero-order chi connectivity index (χ0) is 26.4. The average Bonchev–Trinajstić information content (AvgIpc) is 2.86. The van der Waals surface area contributed by atoms with Crippen molar-refractivity contribution < 1.29 is 19.4 Å². The second-order valence-corrected chi connectivity index (χ2v) is 12.0. The predicted octanol–water partition coefficient (Wildman–Crippen LogP) is 9.88. The van der Waals surface area contributed by atoms with Crippen LogP contribution < -0.4 is 0 Å². The van der Waals surface area contributed by atoms with Crippen LogP contribution in [0.25, 0.3) is 0 Å². The minimum absolute atomic E-state index is 0.0388. The fourth-order valence-electron chi connectivity index (χ4n) is 5.71. The molecule has 0 spiro atoms. The monoisotopic (exact) mass is 508 g/mol. The van der Waals surface area contributed by atoms with E-state index in [0.29, 0.717) is 12.8 Å². The van der Waals surface area contributed by atoms with E-state index in [1.165, 1.54) is 96.3 Å². The van der Waals surface area contributed by atoms with Gasteiger partial charge in [0.05, 0.1) is 11.8 Å². The molecule has 1 rings (SSSR count). The molecule has 4 heteroatoms. The number of carbonyl (C=O) groups excluding carboxylic acids is 1. The van der Waals surface area contributed by atoms with Crippen LogP contribution in [-0.4, -0.2) is 23.1 Å². The number of rotatable bonds is 23. The van der Waals surface area contributed by atoms with E-state index < -0.39 is 17.8 Å². The molecule has 0 saturated heterocycles. The van der Waals surface area contributed by atoms with E-state index in [4.69, 9.17) is 4.74 Å². The second kappa shape index (κ2) is 22.0. The summed E-state index contributed by atoms with van der Waals surface area (Å²) in [7, 11) is 0. The van der Waals surface area contributed by atoms with Crippen molar-refractivity contribution in [3.05, 3.63) is 0 Å². The van der Waals surface area contributed by atoms with Gasteiger partial charge in [0, 0.05) is 0 Å². The van der Waals surface area contributed by atoms with Gasteiger partial charge in [-0.2, -0.15) is 0 Å². The third-order valence-electron chi connectivity index (χ3n) is 8.11. The summed E-state index contributed by atoms with van der Waals surface area (Å²) in [5.41, 5.74) is 0. The lowest BCUT2D eigenvalue weighted by Crippen LogP contribution is -2.35. The molecule has 0 aromatic heterocycles. The summed E-state index contributed by atoms with van der Waals surface area (Å²) >= 11 is 0. The first-order chi connectivity index (χ1) is 17.5. The summed E-state index contributed by atoms with van der Waals surface area (Å²) in [6.07, 6.45) is 26.9. The molecule has 0 aliphatic heterocycles. The van der Waals surface area contributed by atoms with Crippen molar-refractivity contribution in [2.75, 3.05) is 0 Å². The summed E-state index contributed by atoms with van der Waals surface area (Å²) in [5, 5.41) is 9.58. The number of unbranched alkanes of at least 4 members (excludes halogenated alkanes) is 14. The van der Waals surface area contributed by atoms with Crippen LogP contribution in [0.15, 0.2) is 0 Å². The van der Waals surface area contributed by atoms with Gasteiger partial charge in [0.2, 0.25) is 0 Å². The van der Waals surface area contributed by atoms with E-state index in [1.54, 1.807) is 0 Å². The van der Waals surface area contributed by atoms with Crippen molar-refractivity contribution in [1.29, 1.82) is 0 Å². The third-order valence-corrected chi connectivity index (χ3v) is 8.11. The lowest BCUT2D eigenvalue weighted by molar-refractivity contribution is -0.164. The highest BCUT2D eigenvalue weighted by Crippen LogP contribution is 2.32. The van der Waals surface area contributed by atoms with E-state index >= 15 is 0 Å². The summed E-state index contributed by atoms with van der Waals surface area (Å²) in [4.78, 5) is 24.6. The van der Waals surface area contributed by atoms with Crippen LogP contribution in [0.3, 0.4) is 0 Å². The van der Waals surface area contributed by atoms with Gasteiger partial charge < -0.3 is 9.84 Å². The molecule has 0 heterocycles. The Bertz CT molecular complexity index is 544. The Balaban J connectivity index is 2.35. The molecular weight excluding hydrogens is 448 g/mol. The van der Waals surface area contributed by atoms with Crippen LogP contribution in [0.1, 0.15) is 168 Å². The van der Waals surface area contributed by atoms with E-state index in [9.17, 15) is 14.7 Å². The number of carbonyl (C=O) groups is 2. The summed E-state index contributed by atoms with van der Waals surface area (Å²) in [6.45, 7) is 6.84. The Labute approximate surface area is 223 Å². The minimum Gasteiger partial charge on any atom is -0.481 e. The summed E-state index contributed by atoms with van der Waals surface area (Å²) < 4.78 is 6.02. The number of hydrogen-bond donors (Lipinski definition) is 1. The third kappa shape index (κ3) is 16.6. The van der Waals surface area contributed by atoms with Crippen LogP contribution >= 0.6 is 0 Å². The largest absolute Gasteiger partial charge is 0.481 e. The quantitative estimate of drug-likeness (QED) is 0.110. The first kappa shape index (κ1) is 33.0. The topological polar surface area (TPSA) is 63.6 Å². The molecule has 1 saturated carbocycles. The Morgan fingerprint density at radius 3 is 1.53 bits per heavy atom. The first-order valence-electron chi connectivity index (χ1n) is 15.9. The first-order valence-corrected chi connectivity index (χ1v) is 15.9. The normalized spacial score (nSPS) is 18.9. The molecule has 36 heavy (non-hydrogen) atoms. The van der Waals surface area contributed by atoms with Crippen LogP contribution in [0.4, 0.5) is 0 Å². The molecule has 3 unspecified atom stereocenters. The molecule has 1 aliphatic rings. The lowest BCUT2D eigenvalue weighted by atomic mass is 9.79. The zero-order valence-corrected chi connectivity index (χ0v) is 24.2. The van der Waals surface area contributed by atoms with Crippen molar-refractivity contribution >= 4 is 11.9 Å². The van der Waals surface area contributed by atoms with Gasteiger partial charge in [-0.3, -0.25) is 9.59 Å².